The molecule has 0 aromatic rings. The number of aldehydes is 1. The van der Waals surface area contributed by atoms with Crippen LogP contribution in [0.15, 0.2) is 0 Å². The van der Waals surface area contributed by atoms with E-state index in [9.17, 15) is 4.79 Å². The van der Waals surface area contributed by atoms with E-state index in [0.717, 1.165) is 12.3 Å². The summed E-state index contributed by atoms with van der Waals surface area (Å²) in [5.41, 5.74) is 5.43. The van der Waals surface area contributed by atoms with Crippen molar-refractivity contribution in [2.24, 2.45) is 5.73 Å². The number of hydrogen-bond donors (Lipinski definition) is 1. The predicted molar refractivity (Wildman–Crippen MR) is 42.2 cm³/mol. The first-order chi connectivity index (χ1) is 3.95. The van der Waals surface area contributed by atoms with Gasteiger partial charge in [0.25, 0.3) is 0 Å². The number of hydrogen-bond acceptors (Lipinski definition) is 2. The fourth-order valence-corrected chi connectivity index (χ4v) is 2.27. The lowest BCUT2D eigenvalue weighted by molar-refractivity contribution is -0.108. The monoisotopic (exact) mass is 145 g/mol. The minimum absolute atomic E-state index is 0.225. The third kappa shape index (κ3) is 5.72. The summed E-state index contributed by atoms with van der Waals surface area (Å²) < 4.78 is 0. The van der Waals surface area contributed by atoms with Gasteiger partial charge in [-0.1, -0.05) is 19.6 Å². The SMILES string of the molecule is C[Si](C)(C)C[C@H](N)C=O. The summed E-state index contributed by atoms with van der Waals surface area (Å²) in [7, 11) is -1.10. The summed E-state index contributed by atoms with van der Waals surface area (Å²) in [6.07, 6.45) is 0.832. The first kappa shape index (κ1) is 8.85. The third-order valence-corrected chi connectivity index (χ3v) is 2.72. The Bertz CT molecular complexity index is 97.7. The highest BCUT2D eigenvalue weighted by Gasteiger charge is 2.16. The molecule has 9 heavy (non-hydrogen) atoms. The molecule has 54 valence electrons. The van der Waals surface area contributed by atoms with Crippen molar-refractivity contribution in [3.63, 3.8) is 0 Å². The topological polar surface area (TPSA) is 43.1 Å². The molecular formula is C6H15NOSi. The average molecular weight is 145 g/mol. The lowest BCUT2D eigenvalue weighted by Crippen LogP contribution is -2.33. The molecule has 0 aliphatic carbocycles. The minimum atomic E-state index is -1.10. The Morgan fingerprint density at radius 1 is 1.56 bits per heavy atom. The van der Waals surface area contributed by atoms with Crippen molar-refractivity contribution >= 4 is 14.4 Å². The Labute approximate surface area is 57.4 Å². The average Bonchev–Trinajstić information content (AvgIpc) is 1.62. The van der Waals surface area contributed by atoms with Crippen LogP contribution in [0.5, 0.6) is 0 Å². The molecule has 0 bridgehead atoms. The summed E-state index contributed by atoms with van der Waals surface area (Å²) >= 11 is 0. The standard InChI is InChI=1S/C6H15NOSi/c1-9(2,3)5-6(7)4-8/h4,6H,5,7H2,1-3H3/t6-/m1/s1. The van der Waals surface area contributed by atoms with Crippen LogP contribution in [0, 0.1) is 0 Å². The zero-order valence-electron chi connectivity index (χ0n) is 6.35. The zero-order chi connectivity index (χ0) is 7.49. The first-order valence-electron chi connectivity index (χ1n) is 3.16. The van der Waals surface area contributed by atoms with E-state index in [2.05, 4.69) is 19.6 Å². The first-order valence-corrected chi connectivity index (χ1v) is 6.87. The second-order valence-electron chi connectivity index (χ2n) is 3.56. The molecule has 0 rings (SSSR count). The molecule has 0 radical (unpaired) electrons. The number of carbonyl (C=O) groups is 1. The van der Waals surface area contributed by atoms with E-state index in [1.54, 1.807) is 0 Å². The molecule has 0 aromatic heterocycles. The second-order valence-corrected chi connectivity index (χ2v) is 9.09. The molecule has 0 aliphatic rings. The van der Waals surface area contributed by atoms with Crippen LogP contribution in [-0.4, -0.2) is 20.4 Å². The van der Waals surface area contributed by atoms with Crippen molar-refractivity contribution in [2.75, 3.05) is 0 Å². The van der Waals surface area contributed by atoms with Crippen molar-refractivity contribution in [3.8, 4) is 0 Å². The highest BCUT2D eigenvalue weighted by molar-refractivity contribution is 6.76. The molecule has 0 amide bonds. The number of carbonyl (C=O) groups excluding carboxylic acids is 1. The second kappa shape index (κ2) is 3.13. The van der Waals surface area contributed by atoms with Gasteiger partial charge in [0.1, 0.15) is 6.29 Å². The normalized spacial score (nSPS) is 15.1. The Morgan fingerprint density at radius 3 is 2.11 bits per heavy atom. The highest BCUT2D eigenvalue weighted by Crippen LogP contribution is 2.08. The van der Waals surface area contributed by atoms with Gasteiger partial charge in [-0.15, -0.1) is 0 Å². The van der Waals surface area contributed by atoms with E-state index in [0.29, 0.717) is 0 Å². The molecule has 3 heteroatoms. The van der Waals surface area contributed by atoms with E-state index in [1.165, 1.54) is 0 Å². The summed E-state index contributed by atoms with van der Waals surface area (Å²) in [5, 5.41) is 0. The van der Waals surface area contributed by atoms with Crippen LogP contribution in [0.2, 0.25) is 25.7 Å². The Morgan fingerprint density at radius 2 is 2.00 bits per heavy atom. The van der Waals surface area contributed by atoms with Gasteiger partial charge < -0.3 is 10.5 Å². The van der Waals surface area contributed by atoms with Gasteiger partial charge in [-0.2, -0.15) is 0 Å². The Balaban J connectivity index is 3.59. The number of rotatable bonds is 3. The van der Waals surface area contributed by atoms with Gasteiger partial charge in [0.15, 0.2) is 0 Å². The van der Waals surface area contributed by atoms with Crippen molar-refractivity contribution < 1.29 is 4.79 Å². The van der Waals surface area contributed by atoms with Crippen molar-refractivity contribution in [2.45, 2.75) is 31.7 Å². The summed E-state index contributed by atoms with van der Waals surface area (Å²) in [6, 6.07) is 0.674. The zero-order valence-corrected chi connectivity index (χ0v) is 7.35. The lowest BCUT2D eigenvalue weighted by atomic mass is 10.4. The van der Waals surface area contributed by atoms with Gasteiger partial charge in [-0.05, 0) is 6.04 Å². The summed E-state index contributed by atoms with van der Waals surface area (Å²) in [5.74, 6) is 0. The Kier molecular flexibility index (Phi) is 3.07. The fraction of sp³-hybridized carbons (Fsp3) is 0.833. The molecule has 0 saturated heterocycles. The van der Waals surface area contributed by atoms with Crippen LogP contribution in [0.3, 0.4) is 0 Å². The summed E-state index contributed by atoms with van der Waals surface area (Å²) in [4.78, 5) is 10.1. The maximum atomic E-state index is 10.1. The molecule has 2 N–H and O–H groups in total. The third-order valence-electron chi connectivity index (χ3n) is 1.02. The van der Waals surface area contributed by atoms with E-state index in [4.69, 9.17) is 5.73 Å². The minimum Gasteiger partial charge on any atom is -0.322 e. The lowest BCUT2D eigenvalue weighted by Gasteiger charge is -2.16. The molecule has 0 fully saturated rings. The fourth-order valence-electron chi connectivity index (χ4n) is 0.755. The van der Waals surface area contributed by atoms with Gasteiger partial charge in [-0.25, -0.2) is 0 Å². The van der Waals surface area contributed by atoms with Gasteiger partial charge in [0, 0.05) is 8.07 Å². The van der Waals surface area contributed by atoms with Gasteiger partial charge in [0.2, 0.25) is 0 Å². The largest absolute Gasteiger partial charge is 0.322 e. The van der Waals surface area contributed by atoms with Crippen LogP contribution in [0.1, 0.15) is 0 Å². The van der Waals surface area contributed by atoms with Crippen LogP contribution < -0.4 is 5.73 Å². The molecular weight excluding hydrogens is 130 g/mol. The van der Waals surface area contributed by atoms with E-state index in [-0.39, 0.29) is 6.04 Å². The molecule has 0 aromatic carbocycles. The Hall–Kier alpha value is -0.153. The highest BCUT2D eigenvalue weighted by atomic mass is 28.3. The molecule has 2 nitrogen and oxygen atoms in total. The number of nitrogens with two attached hydrogens (primary N) is 1. The molecule has 0 heterocycles. The van der Waals surface area contributed by atoms with Crippen LogP contribution in [0.25, 0.3) is 0 Å². The molecule has 0 aliphatic heterocycles. The molecule has 1 atom stereocenters. The smallest absolute Gasteiger partial charge is 0.136 e. The van der Waals surface area contributed by atoms with Crippen LogP contribution in [0.4, 0.5) is 0 Å². The predicted octanol–water partition coefficient (Wildman–Crippen LogP) is 0.851. The van der Waals surface area contributed by atoms with Crippen LogP contribution >= 0.6 is 0 Å². The van der Waals surface area contributed by atoms with Crippen molar-refractivity contribution in [3.05, 3.63) is 0 Å². The molecule has 0 saturated carbocycles. The maximum Gasteiger partial charge on any atom is 0.136 e. The van der Waals surface area contributed by atoms with Gasteiger partial charge in [0.05, 0.1) is 6.04 Å². The van der Waals surface area contributed by atoms with Crippen molar-refractivity contribution in [1.82, 2.24) is 0 Å². The summed E-state index contributed by atoms with van der Waals surface area (Å²) in [6.45, 7) is 6.61. The van der Waals surface area contributed by atoms with E-state index >= 15 is 0 Å². The molecule has 0 unspecified atom stereocenters. The van der Waals surface area contributed by atoms with E-state index in [1.807, 2.05) is 0 Å². The van der Waals surface area contributed by atoms with E-state index < -0.39 is 8.07 Å². The van der Waals surface area contributed by atoms with Crippen molar-refractivity contribution in [1.29, 1.82) is 0 Å². The molecule has 0 spiro atoms. The van der Waals surface area contributed by atoms with Gasteiger partial charge >= 0.3 is 0 Å². The van der Waals surface area contributed by atoms with Crippen LogP contribution in [-0.2, 0) is 4.79 Å². The maximum absolute atomic E-state index is 10.1. The quantitative estimate of drug-likeness (QED) is 0.472. The van der Waals surface area contributed by atoms with Gasteiger partial charge in [-0.3, -0.25) is 0 Å².